The molecule has 1 aliphatic rings. The minimum absolute atomic E-state index is 0.311. The molecule has 1 saturated heterocycles. The molecule has 1 fully saturated rings. The molecule has 0 amide bonds. The van der Waals surface area contributed by atoms with Gasteiger partial charge >= 0.3 is 0 Å². The molecule has 72 valence electrons. The molecule has 0 aromatic carbocycles. The molecule has 0 radical (unpaired) electrons. The third-order valence-electron chi connectivity index (χ3n) is 2.52. The summed E-state index contributed by atoms with van der Waals surface area (Å²) in [5, 5.41) is 0. The fourth-order valence-corrected chi connectivity index (χ4v) is 1.81. The van der Waals surface area contributed by atoms with Crippen LogP contribution >= 0.6 is 0 Å². The summed E-state index contributed by atoms with van der Waals surface area (Å²) in [6.45, 7) is 5.52. The Morgan fingerprint density at radius 1 is 1.58 bits per heavy atom. The number of likely N-dealkylation sites (tertiary alicyclic amines) is 1. The summed E-state index contributed by atoms with van der Waals surface area (Å²) in [5.74, 6) is 0. The van der Waals surface area contributed by atoms with Crippen molar-refractivity contribution in [3.05, 3.63) is 0 Å². The molecule has 0 bridgehead atoms. The lowest BCUT2D eigenvalue weighted by Gasteiger charge is -2.21. The SMILES string of the molecule is C[C@H](N)CN1CCC(N(C)C)C1. The Bertz CT molecular complexity index is 134. The van der Waals surface area contributed by atoms with E-state index in [0.29, 0.717) is 6.04 Å². The van der Waals surface area contributed by atoms with Crippen molar-refractivity contribution in [2.24, 2.45) is 5.73 Å². The molecule has 3 heteroatoms. The summed E-state index contributed by atoms with van der Waals surface area (Å²) >= 11 is 0. The van der Waals surface area contributed by atoms with E-state index < -0.39 is 0 Å². The molecular formula is C9H21N3. The average molecular weight is 171 g/mol. The highest BCUT2D eigenvalue weighted by atomic mass is 15.2. The first-order valence-electron chi connectivity index (χ1n) is 4.74. The Kier molecular flexibility index (Phi) is 3.50. The van der Waals surface area contributed by atoms with E-state index in [4.69, 9.17) is 5.73 Å². The van der Waals surface area contributed by atoms with Crippen LogP contribution in [0.2, 0.25) is 0 Å². The Hall–Kier alpha value is -0.120. The fourth-order valence-electron chi connectivity index (χ4n) is 1.81. The van der Waals surface area contributed by atoms with Crippen LogP contribution in [0.5, 0.6) is 0 Å². The van der Waals surface area contributed by atoms with Crippen molar-refractivity contribution in [1.82, 2.24) is 9.80 Å². The number of hydrogen-bond acceptors (Lipinski definition) is 3. The fraction of sp³-hybridized carbons (Fsp3) is 1.00. The number of likely N-dealkylation sites (N-methyl/N-ethyl adjacent to an activating group) is 1. The van der Waals surface area contributed by atoms with Gasteiger partial charge < -0.3 is 15.5 Å². The molecule has 0 saturated carbocycles. The first-order chi connectivity index (χ1) is 5.59. The number of nitrogens with two attached hydrogens (primary N) is 1. The summed E-state index contributed by atoms with van der Waals surface area (Å²) in [6.07, 6.45) is 1.29. The van der Waals surface area contributed by atoms with E-state index in [-0.39, 0.29) is 0 Å². The highest BCUT2D eigenvalue weighted by molar-refractivity contribution is 4.81. The second-order valence-electron chi connectivity index (χ2n) is 4.14. The van der Waals surface area contributed by atoms with E-state index in [1.807, 2.05) is 0 Å². The van der Waals surface area contributed by atoms with E-state index in [1.165, 1.54) is 19.5 Å². The van der Waals surface area contributed by atoms with Crippen LogP contribution in [0.4, 0.5) is 0 Å². The van der Waals surface area contributed by atoms with Crippen LogP contribution in [0.25, 0.3) is 0 Å². The predicted octanol–water partition coefficient (Wildman–Crippen LogP) is -0.0305. The van der Waals surface area contributed by atoms with Gasteiger partial charge in [0.2, 0.25) is 0 Å². The van der Waals surface area contributed by atoms with Crippen LogP contribution < -0.4 is 5.73 Å². The van der Waals surface area contributed by atoms with E-state index >= 15 is 0 Å². The zero-order chi connectivity index (χ0) is 9.14. The van der Waals surface area contributed by atoms with Crippen molar-refractivity contribution in [2.45, 2.75) is 25.4 Å². The lowest BCUT2D eigenvalue weighted by molar-refractivity contribution is 0.262. The van der Waals surface area contributed by atoms with E-state index in [0.717, 1.165) is 12.6 Å². The van der Waals surface area contributed by atoms with E-state index in [9.17, 15) is 0 Å². The standard InChI is InChI=1S/C9H21N3/c1-8(10)6-12-5-4-9(7-12)11(2)3/h8-9H,4-7,10H2,1-3H3/t8-,9?/m0/s1. The number of hydrogen-bond donors (Lipinski definition) is 1. The third kappa shape index (κ3) is 2.73. The van der Waals surface area contributed by atoms with Gasteiger partial charge in [0.05, 0.1) is 0 Å². The molecule has 2 atom stereocenters. The van der Waals surface area contributed by atoms with Crippen molar-refractivity contribution < 1.29 is 0 Å². The molecule has 0 aliphatic carbocycles. The summed E-state index contributed by atoms with van der Waals surface area (Å²) in [5.41, 5.74) is 5.74. The Morgan fingerprint density at radius 2 is 2.25 bits per heavy atom. The largest absolute Gasteiger partial charge is 0.327 e. The normalized spacial score (nSPS) is 28.2. The number of rotatable bonds is 3. The van der Waals surface area contributed by atoms with Gasteiger partial charge in [-0.1, -0.05) is 0 Å². The van der Waals surface area contributed by atoms with Gasteiger partial charge in [0, 0.05) is 25.2 Å². The van der Waals surface area contributed by atoms with Gasteiger partial charge in [-0.05, 0) is 34.0 Å². The molecule has 1 rings (SSSR count). The molecule has 0 aromatic heterocycles. The zero-order valence-corrected chi connectivity index (χ0v) is 8.45. The summed E-state index contributed by atoms with van der Waals surface area (Å²) < 4.78 is 0. The minimum atomic E-state index is 0.311. The summed E-state index contributed by atoms with van der Waals surface area (Å²) in [4.78, 5) is 4.76. The van der Waals surface area contributed by atoms with Crippen LogP contribution in [0.3, 0.4) is 0 Å². The summed E-state index contributed by atoms with van der Waals surface area (Å²) in [7, 11) is 4.31. The van der Waals surface area contributed by atoms with Gasteiger partial charge in [-0.25, -0.2) is 0 Å². The zero-order valence-electron chi connectivity index (χ0n) is 8.45. The maximum absolute atomic E-state index is 5.74. The Morgan fingerprint density at radius 3 is 2.67 bits per heavy atom. The lowest BCUT2D eigenvalue weighted by Crippen LogP contribution is -2.37. The maximum atomic E-state index is 5.74. The van der Waals surface area contributed by atoms with Crippen molar-refractivity contribution in [3.63, 3.8) is 0 Å². The molecule has 0 aromatic rings. The second kappa shape index (κ2) is 4.21. The van der Waals surface area contributed by atoms with Gasteiger partial charge in [0.25, 0.3) is 0 Å². The van der Waals surface area contributed by atoms with E-state index in [2.05, 4.69) is 30.8 Å². The van der Waals surface area contributed by atoms with Gasteiger partial charge in [-0.15, -0.1) is 0 Å². The molecule has 0 spiro atoms. The Balaban J connectivity index is 2.26. The number of nitrogens with zero attached hydrogens (tertiary/aromatic N) is 2. The molecular weight excluding hydrogens is 150 g/mol. The van der Waals surface area contributed by atoms with Gasteiger partial charge in [0.15, 0.2) is 0 Å². The van der Waals surface area contributed by atoms with Crippen LogP contribution in [-0.2, 0) is 0 Å². The monoisotopic (exact) mass is 171 g/mol. The van der Waals surface area contributed by atoms with Gasteiger partial charge in [-0.3, -0.25) is 0 Å². The average Bonchev–Trinajstić information content (AvgIpc) is 2.34. The van der Waals surface area contributed by atoms with Crippen molar-refractivity contribution in [2.75, 3.05) is 33.7 Å². The highest BCUT2D eigenvalue weighted by Crippen LogP contribution is 2.12. The molecule has 1 aliphatic heterocycles. The topological polar surface area (TPSA) is 32.5 Å². The van der Waals surface area contributed by atoms with Crippen molar-refractivity contribution in [3.8, 4) is 0 Å². The third-order valence-corrected chi connectivity index (χ3v) is 2.52. The second-order valence-corrected chi connectivity index (χ2v) is 4.14. The van der Waals surface area contributed by atoms with Crippen LogP contribution in [0.1, 0.15) is 13.3 Å². The van der Waals surface area contributed by atoms with Crippen molar-refractivity contribution >= 4 is 0 Å². The minimum Gasteiger partial charge on any atom is -0.327 e. The maximum Gasteiger partial charge on any atom is 0.0229 e. The lowest BCUT2D eigenvalue weighted by atomic mass is 10.2. The Labute approximate surface area is 75.5 Å². The highest BCUT2D eigenvalue weighted by Gasteiger charge is 2.23. The van der Waals surface area contributed by atoms with Crippen molar-refractivity contribution in [1.29, 1.82) is 0 Å². The molecule has 1 unspecified atom stereocenters. The molecule has 12 heavy (non-hydrogen) atoms. The smallest absolute Gasteiger partial charge is 0.0229 e. The van der Waals surface area contributed by atoms with Crippen LogP contribution in [0.15, 0.2) is 0 Å². The molecule has 3 nitrogen and oxygen atoms in total. The van der Waals surface area contributed by atoms with E-state index in [1.54, 1.807) is 0 Å². The van der Waals surface area contributed by atoms with Gasteiger partial charge in [0.1, 0.15) is 0 Å². The molecule has 1 heterocycles. The summed E-state index contributed by atoms with van der Waals surface area (Å²) in [6, 6.07) is 1.05. The van der Waals surface area contributed by atoms with Crippen LogP contribution in [0, 0.1) is 0 Å². The first-order valence-corrected chi connectivity index (χ1v) is 4.74. The quantitative estimate of drug-likeness (QED) is 0.647. The van der Waals surface area contributed by atoms with Crippen LogP contribution in [-0.4, -0.2) is 55.6 Å². The van der Waals surface area contributed by atoms with Gasteiger partial charge in [-0.2, -0.15) is 0 Å². The predicted molar refractivity (Wildman–Crippen MR) is 52.2 cm³/mol. The molecule has 2 N–H and O–H groups in total. The first kappa shape index (κ1) is 9.96.